The molecule has 0 amide bonds. The Balaban J connectivity index is 2.71. The summed E-state index contributed by atoms with van der Waals surface area (Å²) in [4.78, 5) is 16.4. The number of carbonyl (C=O) groups is 1. The van der Waals surface area contributed by atoms with E-state index in [2.05, 4.69) is 30.2 Å². The summed E-state index contributed by atoms with van der Waals surface area (Å²) in [5.41, 5.74) is 1.99. The van der Waals surface area contributed by atoms with Gasteiger partial charge in [0, 0.05) is 27.8 Å². The monoisotopic (exact) mass is 363 g/mol. The van der Waals surface area contributed by atoms with Crippen molar-refractivity contribution in [3.63, 3.8) is 0 Å². The lowest BCUT2D eigenvalue weighted by Crippen LogP contribution is -2.19. The van der Waals surface area contributed by atoms with Crippen molar-refractivity contribution in [3.8, 4) is 5.75 Å². The minimum absolute atomic E-state index is 0.132. The number of hydrogen-bond acceptors (Lipinski definition) is 4. The molecule has 0 aliphatic carbocycles. The van der Waals surface area contributed by atoms with Gasteiger partial charge in [0.15, 0.2) is 5.78 Å². The summed E-state index contributed by atoms with van der Waals surface area (Å²) in [6.45, 7) is 12.1. The van der Waals surface area contributed by atoms with Gasteiger partial charge in [-0.05, 0) is 23.0 Å². The molecule has 0 aliphatic rings. The second kappa shape index (κ2) is 6.19. The van der Waals surface area contributed by atoms with Crippen LogP contribution in [0, 0.1) is 0 Å². The predicted molar refractivity (Wildman–Crippen MR) is 104 cm³/mol. The summed E-state index contributed by atoms with van der Waals surface area (Å²) < 4.78 is 0. The maximum absolute atomic E-state index is 13.0. The number of nitrogens with one attached hydrogen (secondary N) is 1. The number of aromatic hydroxyl groups is 1. The molecule has 3 nitrogen and oxygen atoms in total. The first-order chi connectivity index (χ1) is 10.8. The fourth-order valence-electron chi connectivity index (χ4n) is 2.64. The quantitative estimate of drug-likeness (QED) is 0.442. The molecule has 0 bridgehead atoms. The molecular formula is C19H25NO2S2. The second-order valence-corrected chi connectivity index (χ2v) is 9.04. The van der Waals surface area contributed by atoms with Crippen LogP contribution in [0.15, 0.2) is 28.3 Å². The molecule has 24 heavy (non-hydrogen) atoms. The molecule has 0 atom stereocenters. The number of carbonyl (C=O) groups excluding carboxylic acids is 1. The molecule has 0 saturated heterocycles. The normalized spacial score (nSPS) is 12.5. The lowest BCUT2D eigenvalue weighted by Gasteiger charge is -2.28. The van der Waals surface area contributed by atoms with E-state index >= 15 is 0 Å². The molecule has 2 rings (SSSR count). The molecule has 1 aromatic heterocycles. The van der Waals surface area contributed by atoms with Gasteiger partial charge in [-0.25, -0.2) is 0 Å². The maximum Gasteiger partial charge on any atom is 0.195 e. The Labute approximate surface area is 154 Å². The van der Waals surface area contributed by atoms with Crippen LogP contribution in [0.2, 0.25) is 0 Å². The number of aromatic nitrogens is 1. The Morgan fingerprint density at radius 2 is 1.46 bits per heavy atom. The van der Waals surface area contributed by atoms with Gasteiger partial charge in [-0.1, -0.05) is 41.5 Å². The van der Waals surface area contributed by atoms with Crippen molar-refractivity contribution in [1.82, 2.24) is 4.98 Å². The van der Waals surface area contributed by atoms with E-state index in [1.165, 1.54) is 0 Å². The summed E-state index contributed by atoms with van der Waals surface area (Å²) in [5, 5.41) is 11.3. The van der Waals surface area contributed by atoms with Gasteiger partial charge in [-0.3, -0.25) is 4.79 Å². The largest absolute Gasteiger partial charge is 0.507 e. The fraction of sp³-hybridized carbons (Fsp3) is 0.421. The van der Waals surface area contributed by atoms with Crippen molar-refractivity contribution < 1.29 is 9.90 Å². The lowest BCUT2D eigenvalue weighted by molar-refractivity contribution is 0.103. The number of phenols is 1. The summed E-state index contributed by atoms with van der Waals surface area (Å²) in [5.74, 6) is 0.133. The number of hydrogen-bond donors (Lipinski definition) is 4. The number of ketones is 1. The van der Waals surface area contributed by atoms with Gasteiger partial charge in [-0.15, -0.1) is 25.3 Å². The third-order valence-electron chi connectivity index (χ3n) is 4.07. The first-order valence-corrected chi connectivity index (χ1v) is 8.75. The predicted octanol–water partition coefficient (Wildman–Crippen LogP) is 5.12. The molecule has 0 spiro atoms. The first-order valence-electron chi connectivity index (χ1n) is 7.86. The topological polar surface area (TPSA) is 53.1 Å². The first kappa shape index (κ1) is 19.0. The Hall–Kier alpha value is -1.33. The van der Waals surface area contributed by atoms with Crippen molar-refractivity contribution in [2.75, 3.05) is 0 Å². The molecule has 0 saturated carbocycles. The van der Waals surface area contributed by atoms with E-state index in [9.17, 15) is 9.90 Å². The highest BCUT2D eigenvalue weighted by Gasteiger charge is 2.28. The molecule has 1 heterocycles. The molecule has 2 N–H and O–H groups in total. The zero-order valence-corrected chi connectivity index (χ0v) is 16.8. The average molecular weight is 364 g/mol. The smallest absolute Gasteiger partial charge is 0.195 e. The molecule has 0 fully saturated rings. The standard InChI is InChI=1S/C19H25NO2S2/c1-18(2,3)12-7-10(8-13(15(12)22)19(4,5)6)14(21)11-9-20-17(24)16(11)23/h7-9,20,22-24H,1-6H3. The second-order valence-electron chi connectivity index (χ2n) is 8.15. The van der Waals surface area contributed by atoms with Crippen LogP contribution >= 0.6 is 25.3 Å². The van der Waals surface area contributed by atoms with Crippen LogP contribution < -0.4 is 0 Å². The molecule has 0 aliphatic heterocycles. The van der Waals surface area contributed by atoms with Crippen LogP contribution in [0.1, 0.15) is 68.6 Å². The van der Waals surface area contributed by atoms with Crippen molar-refractivity contribution in [2.45, 2.75) is 62.3 Å². The van der Waals surface area contributed by atoms with E-state index in [0.717, 1.165) is 11.1 Å². The van der Waals surface area contributed by atoms with E-state index in [1.54, 1.807) is 18.3 Å². The maximum atomic E-state index is 13.0. The zero-order chi connectivity index (χ0) is 18.4. The van der Waals surface area contributed by atoms with Crippen molar-refractivity contribution in [1.29, 1.82) is 0 Å². The molecule has 5 heteroatoms. The van der Waals surface area contributed by atoms with E-state index in [4.69, 9.17) is 0 Å². The Bertz CT molecular complexity index is 758. The zero-order valence-electron chi connectivity index (χ0n) is 15.0. The van der Waals surface area contributed by atoms with Gasteiger partial charge in [0.05, 0.1) is 10.6 Å². The Morgan fingerprint density at radius 1 is 1.00 bits per heavy atom. The van der Waals surface area contributed by atoms with Crippen LogP contribution in [0.5, 0.6) is 5.75 Å². The summed E-state index contributed by atoms with van der Waals surface area (Å²) in [6.07, 6.45) is 1.62. The molecule has 0 unspecified atom stereocenters. The molecule has 1 aromatic carbocycles. The molecule has 0 radical (unpaired) electrons. The number of aromatic amines is 1. The number of benzene rings is 1. The minimum atomic E-state index is -0.281. The van der Waals surface area contributed by atoms with Crippen LogP contribution in [-0.2, 0) is 10.8 Å². The highest BCUT2D eigenvalue weighted by Crippen LogP contribution is 2.40. The van der Waals surface area contributed by atoms with Gasteiger partial charge >= 0.3 is 0 Å². The highest BCUT2D eigenvalue weighted by molar-refractivity contribution is 7.83. The van der Waals surface area contributed by atoms with Crippen LogP contribution in [0.25, 0.3) is 0 Å². The molecule has 2 aromatic rings. The number of phenolic OH excluding ortho intramolecular Hbond substituents is 1. The molecule has 130 valence electrons. The van der Waals surface area contributed by atoms with Gasteiger partial charge in [0.25, 0.3) is 0 Å². The summed E-state index contributed by atoms with van der Waals surface area (Å²) in [7, 11) is 0. The van der Waals surface area contributed by atoms with E-state index < -0.39 is 0 Å². The van der Waals surface area contributed by atoms with Crippen molar-refractivity contribution in [3.05, 3.63) is 40.6 Å². The van der Waals surface area contributed by atoms with Crippen molar-refractivity contribution in [2.24, 2.45) is 0 Å². The van der Waals surface area contributed by atoms with Crippen LogP contribution in [-0.4, -0.2) is 15.9 Å². The third kappa shape index (κ3) is 3.52. The molecular weight excluding hydrogens is 338 g/mol. The van der Waals surface area contributed by atoms with Gasteiger partial charge in [0.1, 0.15) is 5.75 Å². The third-order valence-corrected chi connectivity index (χ3v) is 5.06. The average Bonchev–Trinajstić information content (AvgIpc) is 2.76. The van der Waals surface area contributed by atoms with E-state index in [0.29, 0.717) is 21.0 Å². The summed E-state index contributed by atoms with van der Waals surface area (Å²) >= 11 is 8.61. The van der Waals surface area contributed by atoms with Gasteiger partial charge in [0.2, 0.25) is 0 Å². The van der Waals surface area contributed by atoms with Gasteiger partial charge in [-0.2, -0.15) is 0 Å². The Kier molecular flexibility index (Phi) is 4.90. The highest BCUT2D eigenvalue weighted by atomic mass is 32.1. The van der Waals surface area contributed by atoms with Crippen LogP contribution in [0.4, 0.5) is 0 Å². The van der Waals surface area contributed by atoms with Crippen molar-refractivity contribution >= 4 is 31.0 Å². The Morgan fingerprint density at radius 3 is 1.79 bits per heavy atom. The number of rotatable bonds is 2. The SMILES string of the molecule is CC(C)(C)c1cc(C(=O)c2c[nH]c(S)c2S)cc(C(C)(C)C)c1O. The lowest BCUT2D eigenvalue weighted by atomic mass is 9.78. The number of H-pyrrole nitrogens is 1. The summed E-state index contributed by atoms with van der Waals surface area (Å²) in [6, 6.07) is 3.57. The van der Waals surface area contributed by atoms with Gasteiger partial charge < -0.3 is 10.1 Å². The number of thiol groups is 2. The van der Waals surface area contributed by atoms with E-state index in [-0.39, 0.29) is 22.4 Å². The fourth-order valence-corrected chi connectivity index (χ4v) is 3.06. The van der Waals surface area contributed by atoms with Crippen LogP contribution in [0.3, 0.4) is 0 Å². The minimum Gasteiger partial charge on any atom is -0.507 e. The van der Waals surface area contributed by atoms with E-state index in [1.807, 2.05) is 41.5 Å².